The summed E-state index contributed by atoms with van der Waals surface area (Å²) in [7, 11) is 0. The zero-order chi connectivity index (χ0) is 9.80. The Kier molecular flexibility index (Phi) is 4.27. The Morgan fingerprint density at radius 3 is 2.67 bits per heavy atom. The van der Waals surface area contributed by atoms with Crippen LogP contribution in [0.3, 0.4) is 0 Å². The van der Waals surface area contributed by atoms with Gasteiger partial charge in [0.15, 0.2) is 0 Å². The van der Waals surface area contributed by atoms with Gasteiger partial charge in [0.05, 0.1) is 5.02 Å². The molecule has 0 unspecified atom stereocenters. The number of azo groups is 1. The van der Waals surface area contributed by atoms with Crippen LogP contribution in [0.5, 0.6) is 0 Å². The first kappa shape index (κ1) is 11.7. The molecular weight excluding hydrogens is 235 g/mol. The van der Waals surface area contributed by atoms with Gasteiger partial charge in [-0.05, 0) is 12.1 Å². The number of benzene rings is 1. The molecule has 0 aliphatic carbocycles. The van der Waals surface area contributed by atoms with Crippen molar-refractivity contribution in [3.8, 4) is 0 Å². The van der Waals surface area contributed by atoms with E-state index >= 15 is 0 Å². The van der Waals surface area contributed by atoms with Crippen LogP contribution in [-0.2, 0) is 0 Å². The fraction of sp³-hybridized carbons (Fsp3) is 0. The Morgan fingerprint density at radius 2 is 2.00 bits per heavy atom. The van der Waals surface area contributed by atoms with Gasteiger partial charge in [0.2, 0.25) is 5.95 Å². The molecule has 2 rings (SSSR count). The van der Waals surface area contributed by atoms with E-state index in [1.165, 1.54) is 0 Å². The van der Waals surface area contributed by atoms with E-state index in [-0.39, 0.29) is 12.4 Å². The minimum absolute atomic E-state index is 0. The van der Waals surface area contributed by atoms with Crippen molar-refractivity contribution in [2.24, 2.45) is 10.2 Å². The number of hydrogen-bond acceptors (Lipinski definition) is 3. The smallest absolute Gasteiger partial charge is 0.246 e. The van der Waals surface area contributed by atoms with E-state index in [0.29, 0.717) is 16.7 Å². The minimum atomic E-state index is 0. The van der Waals surface area contributed by atoms with Gasteiger partial charge in [-0.1, -0.05) is 23.7 Å². The lowest BCUT2D eigenvalue weighted by Crippen LogP contribution is -1.67. The van der Waals surface area contributed by atoms with E-state index in [4.69, 9.17) is 11.6 Å². The third kappa shape index (κ3) is 3.04. The van der Waals surface area contributed by atoms with Crippen molar-refractivity contribution in [3.63, 3.8) is 0 Å². The van der Waals surface area contributed by atoms with Crippen LogP contribution in [0.4, 0.5) is 11.6 Å². The van der Waals surface area contributed by atoms with Crippen molar-refractivity contribution in [1.29, 1.82) is 0 Å². The highest BCUT2D eigenvalue weighted by atomic mass is 35.5. The maximum atomic E-state index is 5.88. The molecule has 1 aromatic heterocycles. The topological polar surface area (TPSA) is 53.4 Å². The van der Waals surface area contributed by atoms with E-state index in [1.807, 2.05) is 12.1 Å². The first-order valence-electron chi connectivity index (χ1n) is 4.02. The van der Waals surface area contributed by atoms with Gasteiger partial charge in [0, 0.05) is 12.4 Å². The molecule has 0 saturated carbocycles. The zero-order valence-electron chi connectivity index (χ0n) is 7.59. The monoisotopic (exact) mass is 242 g/mol. The second-order valence-electron chi connectivity index (χ2n) is 2.56. The molecule has 0 amide bonds. The third-order valence-electron chi connectivity index (χ3n) is 1.59. The summed E-state index contributed by atoms with van der Waals surface area (Å²) >= 11 is 5.88. The van der Waals surface area contributed by atoms with Gasteiger partial charge >= 0.3 is 0 Å². The lowest BCUT2D eigenvalue weighted by Gasteiger charge is -1.93. The van der Waals surface area contributed by atoms with E-state index in [1.54, 1.807) is 24.5 Å². The van der Waals surface area contributed by atoms with Crippen molar-refractivity contribution >= 4 is 35.6 Å². The van der Waals surface area contributed by atoms with Gasteiger partial charge in [-0.25, -0.2) is 4.98 Å². The number of aromatic amines is 1. The summed E-state index contributed by atoms with van der Waals surface area (Å²) in [6.07, 6.45) is 3.29. The largest absolute Gasteiger partial charge is 0.328 e. The third-order valence-corrected chi connectivity index (χ3v) is 1.91. The highest BCUT2D eigenvalue weighted by Crippen LogP contribution is 2.24. The maximum absolute atomic E-state index is 5.88. The zero-order valence-corrected chi connectivity index (χ0v) is 9.16. The molecule has 2 aromatic rings. The normalized spacial score (nSPS) is 10.2. The van der Waals surface area contributed by atoms with Crippen LogP contribution in [-0.4, -0.2) is 9.97 Å². The SMILES string of the molecule is Cl.Clc1ccccc1/N=N/c1ncc[nH]1. The fourth-order valence-corrected chi connectivity index (χ4v) is 1.12. The predicted octanol–water partition coefficient (Wildman–Crippen LogP) is 3.90. The van der Waals surface area contributed by atoms with Gasteiger partial charge in [-0.2, -0.15) is 0 Å². The summed E-state index contributed by atoms with van der Waals surface area (Å²) in [6.45, 7) is 0. The molecule has 0 bridgehead atoms. The summed E-state index contributed by atoms with van der Waals surface area (Å²) in [5.74, 6) is 0.463. The molecule has 15 heavy (non-hydrogen) atoms. The van der Waals surface area contributed by atoms with Crippen molar-refractivity contribution in [1.82, 2.24) is 9.97 Å². The lowest BCUT2D eigenvalue weighted by molar-refractivity contribution is 1.12. The van der Waals surface area contributed by atoms with Gasteiger partial charge in [-0.15, -0.1) is 22.6 Å². The standard InChI is InChI=1S/C9H7ClN4.ClH/c10-7-3-1-2-4-8(7)13-14-9-11-5-6-12-9;/h1-6H,(H,11,12);1H/b14-13+;. The number of hydrogen-bond donors (Lipinski definition) is 1. The number of rotatable bonds is 2. The Labute approximate surface area is 97.8 Å². The Hall–Kier alpha value is -1.39. The van der Waals surface area contributed by atoms with Crippen LogP contribution < -0.4 is 0 Å². The first-order chi connectivity index (χ1) is 6.86. The van der Waals surface area contributed by atoms with Crippen LogP contribution in [0.1, 0.15) is 0 Å². The van der Waals surface area contributed by atoms with Crippen molar-refractivity contribution < 1.29 is 0 Å². The minimum Gasteiger partial charge on any atom is -0.328 e. The predicted molar refractivity (Wildman–Crippen MR) is 61.5 cm³/mol. The summed E-state index contributed by atoms with van der Waals surface area (Å²) in [5, 5.41) is 8.39. The summed E-state index contributed by atoms with van der Waals surface area (Å²) < 4.78 is 0. The van der Waals surface area contributed by atoms with Gasteiger partial charge in [-0.3, -0.25) is 0 Å². The Balaban J connectivity index is 0.00000112. The van der Waals surface area contributed by atoms with E-state index in [0.717, 1.165) is 0 Å². The average molecular weight is 243 g/mol. The second kappa shape index (κ2) is 5.48. The summed E-state index contributed by atoms with van der Waals surface area (Å²) in [6, 6.07) is 7.24. The number of nitrogens with zero attached hydrogens (tertiary/aromatic N) is 3. The highest BCUT2D eigenvalue weighted by Gasteiger charge is 1.96. The molecule has 0 saturated heterocycles. The molecule has 0 atom stereocenters. The van der Waals surface area contributed by atoms with Crippen molar-refractivity contribution in [2.45, 2.75) is 0 Å². The Bertz CT molecular complexity index is 439. The number of H-pyrrole nitrogens is 1. The van der Waals surface area contributed by atoms with E-state index in [9.17, 15) is 0 Å². The molecule has 0 radical (unpaired) electrons. The van der Waals surface area contributed by atoms with Gasteiger partial charge in [0.1, 0.15) is 5.69 Å². The van der Waals surface area contributed by atoms with Crippen LogP contribution in [0.15, 0.2) is 46.9 Å². The average Bonchev–Trinajstić information content (AvgIpc) is 2.69. The molecule has 0 spiro atoms. The molecule has 78 valence electrons. The Morgan fingerprint density at radius 1 is 1.20 bits per heavy atom. The van der Waals surface area contributed by atoms with Gasteiger partial charge in [0.25, 0.3) is 0 Å². The van der Waals surface area contributed by atoms with Gasteiger partial charge < -0.3 is 4.98 Å². The number of nitrogens with one attached hydrogen (secondary N) is 1. The molecule has 1 heterocycles. The molecule has 0 aliphatic rings. The molecule has 1 N–H and O–H groups in total. The summed E-state index contributed by atoms with van der Waals surface area (Å²) in [5.41, 5.74) is 0.630. The second-order valence-corrected chi connectivity index (χ2v) is 2.97. The fourth-order valence-electron chi connectivity index (χ4n) is 0.946. The molecule has 4 nitrogen and oxygen atoms in total. The molecule has 1 aromatic carbocycles. The molecule has 0 aliphatic heterocycles. The van der Waals surface area contributed by atoms with E-state index in [2.05, 4.69) is 20.2 Å². The molecule has 6 heteroatoms. The molecular formula is C9H8Cl2N4. The molecule has 0 fully saturated rings. The van der Waals surface area contributed by atoms with E-state index < -0.39 is 0 Å². The van der Waals surface area contributed by atoms with Crippen molar-refractivity contribution in [2.75, 3.05) is 0 Å². The highest BCUT2D eigenvalue weighted by molar-refractivity contribution is 6.32. The summed E-state index contributed by atoms with van der Waals surface area (Å²) in [4.78, 5) is 6.71. The van der Waals surface area contributed by atoms with Crippen LogP contribution in [0.25, 0.3) is 0 Å². The van der Waals surface area contributed by atoms with Crippen LogP contribution in [0, 0.1) is 0 Å². The first-order valence-corrected chi connectivity index (χ1v) is 4.40. The van der Waals surface area contributed by atoms with Crippen LogP contribution >= 0.6 is 24.0 Å². The quantitative estimate of drug-likeness (QED) is 0.799. The van der Waals surface area contributed by atoms with Crippen molar-refractivity contribution in [3.05, 3.63) is 41.7 Å². The number of aromatic nitrogens is 2. The lowest BCUT2D eigenvalue weighted by atomic mass is 10.3. The van der Waals surface area contributed by atoms with Crippen LogP contribution in [0.2, 0.25) is 5.02 Å². The number of halogens is 2. The maximum Gasteiger partial charge on any atom is 0.246 e. The number of imidazole rings is 1.